The standard InChI is InChI=1S/C17H19FN4O2/c18-15-5-3-12(4-6-15)8-14(16(19)23)11-22-17(24)21-10-13-2-1-7-20-9-13/h1-7,9,14H,8,10-11H2,(H2,19,23)(H2,21,22,24). The number of benzene rings is 1. The van der Waals surface area contributed by atoms with Crippen molar-refractivity contribution in [2.45, 2.75) is 13.0 Å². The van der Waals surface area contributed by atoms with Crippen LogP contribution < -0.4 is 16.4 Å². The van der Waals surface area contributed by atoms with E-state index >= 15 is 0 Å². The largest absolute Gasteiger partial charge is 0.369 e. The molecule has 0 bridgehead atoms. The number of nitrogens with two attached hydrogens (primary N) is 1. The summed E-state index contributed by atoms with van der Waals surface area (Å²) in [6.45, 7) is 0.435. The molecule has 0 saturated heterocycles. The Balaban J connectivity index is 1.81. The number of hydrogen-bond donors (Lipinski definition) is 3. The van der Waals surface area contributed by atoms with Crippen molar-refractivity contribution in [2.24, 2.45) is 11.7 Å². The third kappa shape index (κ3) is 5.68. The summed E-state index contributed by atoms with van der Waals surface area (Å²) in [6, 6.07) is 9.04. The van der Waals surface area contributed by atoms with Crippen molar-refractivity contribution in [2.75, 3.05) is 6.54 Å². The van der Waals surface area contributed by atoms with Crippen LogP contribution in [0.4, 0.5) is 9.18 Å². The van der Waals surface area contributed by atoms with E-state index in [2.05, 4.69) is 15.6 Å². The fraction of sp³-hybridized carbons (Fsp3) is 0.235. The minimum absolute atomic E-state index is 0.103. The van der Waals surface area contributed by atoms with E-state index in [1.54, 1.807) is 30.6 Å². The molecule has 126 valence electrons. The molecule has 0 aliphatic rings. The van der Waals surface area contributed by atoms with Crippen LogP contribution in [0.3, 0.4) is 0 Å². The molecule has 0 aliphatic heterocycles. The molecule has 1 atom stereocenters. The molecule has 2 rings (SSSR count). The third-order valence-electron chi connectivity index (χ3n) is 3.48. The smallest absolute Gasteiger partial charge is 0.315 e. The summed E-state index contributed by atoms with van der Waals surface area (Å²) in [5.74, 6) is -1.44. The highest BCUT2D eigenvalue weighted by Crippen LogP contribution is 2.09. The predicted molar refractivity (Wildman–Crippen MR) is 87.3 cm³/mol. The van der Waals surface area contributed by atoms with E-state index in [4.69, 9.17) is 5.73 Å². The van der Waals surface area contributed by atoms with Gasteiger partial charge < -0.3 is 16.4 Å². The average Bonchev–Trinajstić information content (AvgIpc) is 2.59. The number of urea groups is 1. The highest BCUT2D eigenvalue weighted by Gasteiger charge is 2.17. The summed E-state index contributed by atoms with van der Waals surface area (Å²) < 4.78 is 12.9. The SMILES string of the molecule is NC(=O)C(CNC(=O)NCc1cccnc1)Cc1ccc(F)cc1. The first-order valence-corrected chi connectivity index (χ1v) is 7.49. The molecule has 0 saturated carbocycles. The molecule has 1 aromatic heterocycles. The molecule has 24 heavy (non-hydrogen) atoms. The number of amides is 3. The summed E-state index contributed by atoms with van der Waals surface area (Å²) in [7, 11) is 0. The van der Waals surface area contributed by atoms with E-state index in [0.717, 1.165) is 11.1 Å². The van der Waals surface area contributed by atoms with E-state index in [-0.39, 0.29) is 12.4 Å². The third-order valence-corrected chi connectivity index (χ3v) is 3.48. The van der Waals surface area contributed by atoms with E-state index in [1.807, 2.05) is 6.07 Å². The quantitative estimate of drug-likeness (QED) is 0.715. The van der Waals surface area contributed by atoms with Crippen LogP contribution in [0.1, 0.15) is 11.1 Å². The second-order valence-electron chi connectivity index (χ2n) is 5.35. The number of nitrogens with one attached hydrogen (secondary N) is 2. The van der Waals surface area contributed by atoms with Gasteiger partial charge in [0.25, 0.3) is 0 Å². The number of rotatable bonds is 7. The Morgan fingerprint density at radius 1 is 1.12 bits per heavy atom. The second-order valence-corrected chi connectivity index (χ2v) is 5.35. The average molecular weight is 330 g/mol. The van der Waals surface area contributed by atoms with Crippen LogP contribution >= 0.6 is 0 Å². The summed E-state index contributed by atoms with van der Waals surface area (Å²) >= 11 is 0. The Bertz CT molecular complexity index is 677. The van der Waals surface area contributed by atoms with Crippen LogP contribution in [0, 0.1) is 11.7 Å². The van der Waals surface area contributed by atoms with Gasteiger partial charge in [0.05, 0.1) is 5.92 Å². The number of carbonyl (C=O) groups excluding carboxylic acids is 2. The monoisotopic (exact) mass is 330 g/mol. The molecule has 3 amide bonds. The van der Waals surface area contributed by atoms with E-state index in [1.165, 1.54) is 12.1 Å². The Kier molecular flexibility index (Phi) is 6.24. The maximum Gasteiger partial charge on any atom is 0.315 e. The van der Waals surface area contributed by atoms with Crippen LogP contribution in [0.5, 0.6) is 0 Å². The second kappa shape index (κ2) is 8.61. The van der Waals surface area contributed by atoms with Gasteiger partial charge in [-0.15, -0.1) is 0 Å². The summed E-state index contributed by atoms with van der Waals surface area (Å²) in [6.07, 6.45) is 3.63. The van der Waals surface area contributed by atoms with Crippen molar-refractivity contribution in [3.63, 3.8) is 0 Å². The van der Waals surface area contributed by atoms with Gasteiger partial charge in [-0.05, 0) is 35.7 Å². The molecule has 0 spiro atoms. The van der Waals surface area contributed by atoms with Crippen LogP contribution in [0.15, 0.2) is 48.8 Å². The van der Waals surface area contributed by atoms with Crippen molar-refractivity contribution < 1.29 is 14.0 Å². The molecule has 0 aliphatic carbocycles. The zero-order chi connectivity index (χ0) is 17.4. The number of pyridine rings is 1. The Hall–Kier alpha value is -2.96. The highest BCUT2D eigenvalue weighted by molar-refractivity contribution is 5.79. The molecular weight excluding hydrogens is 311 g/mol. The van der Waals surface area contributed by atoms with Gasteiger partial charge in [-0.25, -0.2) is 9.18 Å². The summed E-state index contributed by atoms with van der Waals surface area (Å²) in [5.41, 5.74) is 7.01. The van der Waals surface area contributed by atoms with Gasteiger partial charge in [-0.1, -0.05) is 18.2 Å². The lowest BCUT2D eigenvalue weighted by atomic mass is 9.98. The molecule has 0 fully saturated rings. The van der Waals surface area contributed by atoms with Gasteiger partial charge in [0, 0.05) is 25.5 Å². The molecule has 7 heteroatoms. The zero-order valence-corrected chi connectivity index (χ0v) is 13.0. The summed E-state index contributed by atoms with van der Waals surface area (Å²) in [4.78, 5) is 27.3. The predicted octanol–water partition coefficient (Wildman–Crippen LogP) is 1.36. The molecule has 1 unspecified atom stereocenters. The minimum Gasteiger partial charge on any atom is -0.369 e. The number of aromatic nitrogens is 1. The molecule has 0 radical (unpaired) electrons. The van der Waals surface area contributed by atoms with Crippen molar-refractivity contribution in [3.05, 3.63) is 65.7 Å². The lowest BCUT2D eigenvalue weighted by molar-refractivity contribution is -0.121. The van der Waals surface area contributed by atoms with Crippen molar-refractivity contribution in [1.29, 1.82) is 0 Å². The fourth-order valence-corrected chi connectivity index (χ4v) is 2.14. The molecule has 1 aromatic carbocycles. The Labute approximate surface area is 139 Å². The van der Waals surface area contributed by atoms with Crippen LogP contribution in [0.2, 0.25) is 0 Å². The van der Waals surface area contributed by atoms with Gasteiger partial charge in [0.1, 0.15) is 5.82 Å². The number of halogens is 1. The van der Waals surface area contributed by atoms with Crippen molar-refractivity contribution >= 4 is 11.9 Å². The lowest BCUT2D eigenvalue weighted by Crippen LogP contribution is -2.41. The highest BCUT2D eigenvalue weighted by atomic mass is 19.1. The number of hydrogen-bond acceptors (Lipinski definition) is 3. The molecular formula is C17H19FN4O2. The maximum atomic E-state index is 12.9. The minimum atomic E-state index is -0.570. The topological polar surface area (TPSA) is 97.1 Å². The van der Waals surface area contributed by atoms with Crippen LogP contribution in [-0.2, 0) is 17.8 Å². The van der Waals surface area contributed by atoms with Crippen molar-refractivity contribution in [3.8, 4) is 0 Å². The maximum absolute atomic E-state index is 12.9. The van der Waals surface area contributed by atoms with Gasteiger partial charge in [0.2, 0.25) is 5.91 Å². The van der Waals surface area contributed by atoms with Gasteiger partial charge in [-0.2, -0.15) is 0 Å². The number of nitrogens with zero attached hydrogens (tertiary/aromatic N) is 1. The van der Waals surface area contributed by atoms with Crippen LogP contribution in [-0.4, -0.2) is 23.5 Å². The number of carbonyl (C=O) groups is 2. The molecule has 2 aromatic rings. The first kappa shape index (κ1) is 17.4. The van der Waals surface area contributed by atoms with Crippen molar-refractivity contribution in [1.82, 2.24) is 15.6 Å². The van der Waals surface area contributed by atoms with E-state index in [0.29, 0.717) is 13.0 Å². The van der Waals surface area contributed by atoms with Crippen LogP contribution in [0.25, 0.3) is 0 Å². The lowest BCUT2D eigenvalue weighted by Gasteiger charge is -2.15. The summed E-state index contributed by atoms with van der Waals surface area (Å²) in [5, 5.41) is 5.29. The number of primary amides is 1. The van der Waals surface area contributed by atoms with Gasteiger partial charge >= 0.3 is 6.03 Å². The molecule has 1 heterocycles. The van der Waals surface area contributed by atoms with E-state index < -0.39 is 17.9 Å². The van der Waals surface area contributed by atoms with E-state index in [9.17, 15) is 14.0 Å². The molecule has 4 N–H and O–H groups in total. The van der Waals surface area contributed by atoms with Gasteiger partial charge in [-0.3, -0.25) is 9.78 Å². The Morgan fingerprint density at radius 2 is 1.88 bits per heavy atom. The normalized spacial score (nSPS) is 11.5. The first-order chi connectivity index (χ1) is 11.5. The van der Waals surface area contributed by atoms with Gasteiger partial charge in [0.15, 0.2) is 0 Å². The Morgan fingerprint density at radius 3 is 2.50 bits per heavy atom. The first-order valence-electron chi connectivity index (χ1n) is 7.49. The molecule has 6 nitrogen and oxygen atoms in total. The fourth-order valence-electron chi connectivity index (χ4n) is 2.14. The zero-order valence-electron chi connectivity index (χ0n) is 13.0.